The van der Waals surface area contributed by atoms with Gasteiger partial charge in [0, 0.05) is 0 Å². The zero-order valence-electron chi connectivity index (χ0n) is 10.0. The normalized spacial score (nSPS) is 28.9. The van der Waals surface area contributed by atoms with E-state index in [0.29, 0.717) is 5.92 Å². The summed E-state index contributed by atoms with van der Waals surface area (Å²) in [5, 5.41) is 0. The molecule has 0 spiro atoms. The van der Waals surface area contributed by atoms with Crippen LogP contribution in [-0.4, -0.2) is 25.1 Å². The van der Waals surface area contributed by atoms with Gasteiger partial charge >= 0.3 is 7.32 Å². The van der Waals surface area contributed by atoms with Crippen LogP contribution in [0.4, 0.5) is 0 Å². The quantitative estimate of drug-likeness (QED) is 0.654. The summed E-state index contributed by atoms with van der Waals surface area (Å²) in [4.78, 5) is 0. The Bertz CT molecular complexity index is 184. The van der Waals surface area contributed by atoms with Crippen molar-refractivity contribution in [1.29, 1.82) is 0 Å². The van der Waals surface area contributed by atoms with E-state index in [-0.39, 0.29) is 17.8 Å². The van der Waals surface area contributed by atoms with Gasteiger partial charge in [-0.2, -0.15) is 0 Å². The van der Waals surface area contributed by atoms with E-state index in [1.54, 1.807) is 0 Å². The van der Waals surface area contributed by atoms with E-state index in [1.807, 2.05) is 13.8 Å². The third-order valence-electron chi connectivity index (χ3n) is 3.10. The fourth-order valence-corrected chi connectivity index (χ4v) is 1.04. The van der Waals surface area contributed by atoms with Crippen LogP contribution in [0.15, 0.2) is 0 Å². The predicted octanol–water partition coefficient (Wildman–Crippen LogP) is 2.25. The van der Waals surface area contributed by atoms with Gasteiger partial charge in [0.25, 0.3) is 0 Å². The summed E-state index contributed by atoms with van der Waals surface area (Å²) in [7, 11) is -0.502. The fraction of sp³-hybridized carbons (Fsp3) is 1.00. The van der Waals surface area contributed by atoms with Gasteiger partial charge in [-0.05, 0) is 33.6 Å². The van der Waals surface area contributed by atoms with Crippen LogP contribution in [0.2, 0.25) is 0 Å². The molecule has 0 saturated carbocycles. The molecule has 1 saturated heterocycles. The minimum Gasteiger partial charge on any atom is -0.381 e. The Morgan fingerprint density at radius 2 is 1.57 bits per heavy atom. The first-order chi connectivity index (χ1) is 6.33. The zero-order chi connectivity index (χ0) is 10.9. The average Bonchev–Trinajstić information content (AvgIpc) is 2.29. The summed E-state index contributed by atoms with van der Waals surface area (Å²) in [6, 6.07) is 0. The lowest BCUT2D eigenvalue weighted by atomic mass is 9.93. The molecule has 1 heterocycles. The molecule has 0 bridgehead atoms. The van der Waals surface area contributed by atoms with E-state index in [4.69, 9.17) is 14.0 Å². The topological polar surface area (TPSA) is 27.7 Å². The largest absolute Gasteiger partial charge is 0.640 e. The highest BCUT2D eigenvalue weighted by Gasteiger charge is 2.41. The molecule has 0 N–H and O–H groups in total. The van der Waals surface area contributed by atoms with E-state index in [9.17, 15) is 0 Å². The second kappa shape index (κ2) is 4.21. The molecule has 1 aliphatic rings. The summed E-state index contributed by atoms with van der Waals surface area (Å²) in [6.07, 6.45) is 0.228. The third kappa shape index (κ3) is 2.72. The molecule has 1 rings (SSSR count). The van der Waals surface area contributed by atoms with Crippen molar-refractivity contribution in [2.24, 2.45) is 5.92 Å². The van der Waals surface area contributed by atoms with Crippen LogP contribution in [-0.2, 0) is 14.0 Å². The van der Waals surface area contributed by atoms with Gasteiger partial charge in [-0.15, -0.1) is 0 Å². The monoisotopic (exact) mass is 200 g/mol. The molecule has 0 amide bonds. The standard InChI is InChI=1S/C10H21BO3/c1-7(2)10(5,6)14-11-12-8(3)9(4)13-11/h7-9H,1-6H3. The lowest BCUT2D eigenvalue weighted by molar-refractivity contribution is 0.00775. The second-order valence-electron chi connectivity index (χ2n) is 4.85. The van der Waals surface area contributed by atoms with Crippen LogP contribution in [0.25, 0.3) is 0 Å². The molecule has 0 aromatic carbocycles. The van der Waals surface area contributed by atoms with E-state index < -0.39 is 7.32 Å². The van der Waals surface area contributed by atoms with Gasteiger partial charge in [0.05, 0.1) is 17.8 Å². The van der Waals surface area contributed by atoms with E-state index in [1.165, 1.54) is 0 Å². The maximum absolute atomic E-state index is 5.76. The van der Waals surface area contributed by atoms with E-state index in [2.05, 4.69) is 27.7 Å². The highest BCUT2D eigenvalue weighted by Crippen LogP contribution is 2.25. The van der Waals surface area contributed by atoms with Crippen molar-refractivity contribution < 1.29 is 14.0 Å². The molecule has 0 aromatic heterocycles. The summed E-state index contributed by atoms with van der Waals surface area (Å²) in [5.41, 5.74) is -0.214. The van der Waals surface area contributed by atoms with Crippen molar-refractivity contribution >= 4 is 7.32 Å². The molecule has 2 unspecified atom stereocenters. The molecule has 2 atom stereocenters. The Hall–Kier alpha value is -0.0551. The van der Waals surface area contributed by atoms with Crippen molar-refractivity contribution in [3.63, 3.8) is 0 Å². The number of hydrogen-bond acceptors (Lipinski definition) is 3. The summed E-state index contributed by atoms with van der Waals surface area (Å²) in [5.74, 6) is 0.431. The first-order valence-electron chi connectivity index (χ1n) is 5.31. The smallest absolute Gasteiger partial charge is 0.381 e. The molecule has 1 fully saturated rings. The van der Waals surface area contributed by atoms with Gasteiger partial charge in [0.2, 0.25) is 0 Å². The van der Waals surface area contributed by atoms with Gasteiger partial charge in [-0.1, -0.05) is 13.8 Å². The SMILES string of the molecule is CC1OB(OC(C)(C)C(C)C)OC1C. The first kappa shape index (κ1) is 12.0. The van der Waals surface area contributed by atoms with E-state index in [0.717, 1.165) is 0 Å². The minimum atomic E-state index is -0.502. The van der Waals surface area contributed by atoms with Crippen LogP contribution in [0.5, 0.6) is 0 Å². The van der Waals surface area contributed by atoms with Crippen molar-refractivity contribution in [1.82, 2.24) is 0 Å². The Morgan fingerprint density at radius 1 is 1.14 bits per heavy atom. The van der Waals surface area contributed by atoms with Gasteiger partial charge in [0.15, 0.2) is 0 Å². The van der Waals surface area contributed by atoms with Crippen LogP contribution < -0.4 is 0 Å². The molecule has 4 heteroatoms. The summed E-state index contributed by atoms with van der Waals surface area (Å²) < 4.78 is 16.8. The van der Waals surface area contributed by atoms with Crippen LogP contribution in [0.3, 0.4) is 0 Å². The van der Waals surface area contributed by atoms with Crippen LogP contribution in [0.1, 0.15) is 41.5 Å². The second-order valence-corrected chi connectivity index (χ2v) is 4.85. The summed E-state index contributed by atoms with van der Waals surface area (Å²) in [6.45, 7) is 12.4. The maximum Gasteiger partial charge on any atom is 0.640 e. The molecule has 0 aliphatic carbocycles. The molecular formula is C10H21BO3. The Kier molecular flexibility index (Phi) is 3.61. The van der Waals surface area contributed by atoms with E-state index >= 15 is 0 Å². The lowest BCUT2D eigenvalue weighted by Crippen LogP contribution is -2.39. The molecule has 0 aromatic rings. The first-order valence-corrected chi connectivity index (χ1v) is 5.31. The maximum atomic E-state index is 5.76. The molecular weight excluding hydrogens is 179 g/mol. The molecule has 82 valence electrons. The van der Waals surface area contributed by atoms with Gasteiger partial charge in [0.1, 0.15) is 0 Å². The van der Waals surface area contributed by atoms with Crippen molar-refractivity contribution in [3.8, 4) is 0 Å². The van der Waals surface area contributed by atoms with Gasteiger partial charge in [-0.25, -0.2) is 0 Å². The average molecular weight is 200 g/mol. The predicted molar refractivity (Wildman–Crippen MR) is 56.9 cm³/mol. The highest BCUT2D eigenvalue weighted by atomic mass is 16.8. The lowest BCUT2D eigenvalue weighted by Gasteiger charge is -2.30. The third-order valence-corrected chi connectivity index (χ3v) is 3.10. The van der Waals surface area contributed by atoms with Crippen molar-refractivity contribution in [3.05, 3.63) is 0 Å². The number of rotatable bonds is 3. The Labute approximate surface area is 87.3 Å². The number of hydrogen-bond donors (Lipinski definition) is 0. The zero-order valence-corrected chi connectivity index (χ0v) is 10.0. The Morgan fingerprint density at radius 3 is 1.93 bits per heavy atom. The molecule has 14 heavy (non-hydrogen) atoms. The van der Waals surface area contributed by atoms with Crippen LogP contribution in [0, 0.1) is 5.92 Å². The molecule has 3 nitrogen and oxygen atoms in total. The van der Waals surface area contributed by atoms with Gasteiger partial charge in [-0.3, -0.25) is 0 Å². The molecule has 0 radical (unpaired) electrons. The summed E-state index contributed by atoms with van der Waals surface area (Å²) >= 11 is 0. The minimum absolute atomic E-state index is 0.114. The Balaban J connectivity index is 2.46. The van der Waals surface area contributed by atoms with Crippen LogP contribution >= 0.6 is 0 Å². The molecule has 1 aliphatic heterocycles. The fourth-order valence-electron chi connectivity index (χ4n) is 1.04. The van der Waals surface area contributed by atoms with Gasteiger partial charge < -0.3 is 14.0 Å². The van der Waals surface area contributed by atoms with Crippen molar-refractivity contribution in [2.45, 2.75) is 59.4 Å². The highest BCUT2D eigenvalue weighted by molar-refractivity contribution is 6.37. The van der Waals surface area contributed by atoms with Crippen molar-refractivity contribution in [2.75, 3.05) is 0 Å².